The molecule has 1 amide bonds. The zero-order chi connectivity index (χ0) is 19.8. The Balaban J connectivity index is 1.39. The highest BCUT2D eigenvalue weighted by Gasteiger charge is 2.11. The number of ether oxygens (including phenoxy) is 1. The Hall–Kier alpha value is -2.61. The molecule has 0 unspecified atom stereocenters. The van der Waals surface area contributed by atoms with E-state index in [2.05, 4.69) is 38.6 Å². The second-order valence-corrected chi connectivity index (χ2v) is 7.25. The molecule has 8 heteroatoms. The molecule has 0 aliphatic carbocycles. The molecule has 1 fully saturated rings. The standard InChI is InChI=1S/C20H30N6O2/c1-25-19(14-18(21)27)23-24-20(25)22-9-6-12-28-17-8-5-7-16(13-17)15-26-10-3-2-4-11-26/h5,7-8,13H,2-4,6,9-12,14-15H2,1H3,(H2,21,27)(H,22,24). The van der Waals surface area contributed by atoms with Gasteiger partial charge in [0.05, 0.1) is 13.0 Å². The third kappa shape index (κ3) is 5.95. The highest BCUT2D eigenvalue weighted by molar-refractivity contribution is 5.75. The summed E-state index contributed by atoms with van der Waals surface area (Å²) in [6.07, 6.45) is 4.88. The Kier molecular flexibility index (Phi) is 7.25. The Morgan fingerprint density at radius 2 is 2.07 bits per heavy atom. The second kappa shape index (κ2) is 10.1. The van der Waals surface area contributed by atoms with Gasteiger partial charge in [0.2, 0.25) is 11.9 Å². The van der Waals surface area contributed by atoms with Crippen molar-refractivity contribution in [2.75, 3.05) is 31.6 Å². The van der Waals surface area contributed by atoms with Crippen molar-refractivity contribution in [3.8, 4) is 5.75 Å². The summed E-state index contributed by atoms with van der Waals surface area (Å²) in [6, 6.07) is 8.38. The van der Waals surface area contributed by atoms with E-state index in [1.165, 1.54) is 37.9 Å². The Morgan fingerprint density at radius 3 is 2.86 bits per heavy atom. The maximum atomic E-state index is 11.0. The lowest BCUT2D eigenvalue weighted by molar-refractivity contribution is -0.117. The van der Waals surface area contributed by atoms with Crippen LogP contribution in [0.3, 0.4) is 0 Å². The number of anilines is 1. The fraction of sp³-hybridized carbons (Fsp3) is 0.550. The first-order valence-corrected chi connectivity index (χ1v) is 9.96. The molecule has 2 aromatic rings. The molecular formula is C20H30N6O2. The molecule has 28 heavy (non-hydrogen) atoms. The van der Waals surface area contributed by atoms with Crippen LogP contribution in [0.5, 0.6) is 5.75 Å². The van der Waals surface area contributed by atoms with Gasteiger partial charge in [-0.05, 0) is 50.0 Å². The summed E-state index contributed by atoms with van der Waals surface area (Å²) in [5.74, 6) is 1.67. The third-order valence-electron chi connectivity index (χ3n) is 4.92. The zero-order valence-corrected chi connectivity index (χ0v) is 16.6. The number of carbonyl (C=O) groups excluding carboxylic acids is 1. The molecule has 0 bridgehead atoms. The SMILES string of the molecule is Cn1c(CC(N)=O)nnc1NCCCOc1cccc(CN2CCCCC2)c1. The number of primary amides is 1. The fourth-order valence-electron chi connectivity index (χ4n) is 3.40. The lowest BCUT2D eigenvalue weighted by Crippen LogP contribution is -2.29. The van der Waals surface area contributed by atoms with Gasteiger partial charge in [0.25, 0.3) is 0 Å². The van der Waals surface area contributed by atoms with E-state index in [4.69, 9.17) is 10.5 Å². The number of carbonyl (C=O) groups is 1. The number of nitrogens with zero attached hydrogens (tertiary/aromatic N) is 4. The summed E-state index contributed by atoms with van der Waals surface area (Å²) >= 11 is 0. The number of amides is 1. The van der Waals surface area contributed by atoms with Gasteiger partial charge in [-0.1, -0.05) is 18.6 Å². The van der Waals surface area contributed by atoms with E-state index in [0.717, 1.165) is 18.7 Å². The Morgan fingerprint density at radius 1 is 1.25 bits per heavy atom. The van der Waals surface area contributed by atoms with Crippen LogP contribution in [-0.2, 0) is 24.8 Å². The molecule has 1 aromatic carbocycles. The van der Waals surface area contributed by atoms with Gasteiger partial charge in [0.1, 0.15) is 11.6 Å². The van der Waals surface area contributed by atoms with Crippen molar-refractivity contribution in [3.05, 3.63) is 35.7 Å². The number of hydrogen-bond donors (Lipinski definition) is 2. The lowest BCUT2D eigenvalue weighted by Gasteiger charge is -2.26. The number of hydrogen-bond acceptors (Lipinski definition) is 6. The smallest absolute Gasteiger partial charge is 0.225 e. The fourth-order valence-corrected chi connectivity index (χ4v) is 3.40. The van der Waals surface area contributed by atoms with E-state index in [-0.39, 0.29) is 6.42 Å². The summed E-state index contributed by atoms with van der Waals surface area (Å²) in [6.45, 7) is 4.71. The van der Waals surface area contributed by atoms with Gasteiger partial charge in [-0.25, -0.2) is 0 Å². The van der Waals surface area contributed by atoms with Crippen molar-refractivity contribution >= 4 is 11.9 Å². The zero-order valence-electron chi connectivity index (χ0n) is 16.6. The Labute approximate surface area is 166 Å². The van der Waals surface area contributed by atoms with Crippen molar-refractivity contribution in [2.45, 2.75) is 38.6 Å². The van der Waals surface area contributed by atoms with Gasteiger partial charge in [0.15, 0.2) is 0 Å². The molecule has 3 rings (SSSR count). The first-order valence-electron chi connectivity index (χ1n) is 9.96. The van der Waals surface area contributed by atoms with Crippen LogP contribution in [0.4, 0.5) is 5.95 Å². The predicted octanol–water partition coefficient (Wildman–Crippen LogP) is 1.71. The van der Waals surface area contributed by atoms with Gasteiger partial charge in [-0.15, -0.1) is 10.2 Å². The van der Waals surface area contributed by atoms with Crippen LogP contribution >= 0.6 is 0 Å². The predicted molar refractivity (Wildman–Crippen MR) is 108 cm³/mol. The first-order chi connectivity index (χ1) is 13.6. The van der Waals surface area contributed by atoms with E-state index in [0.29, 0.717) is 24.9 Å². The number of likely N-dealkylation sites (tertiary alicyclic amines) is 1. The van der Waals surface area contributed by atoms with E-state index >= 15 is 0 Å². The highest BCUT2D eigenvalue weighted by atomic mass is 16.5. The average Bonchev–Trinajstić information content (AvgIpc) is 3.02. The van der Waals surface area contributed by atoms with E-state index in [1.807, 2.05) is 13.1 Å². The van der Waals surface area contributed by atoms with Gasteiger partial charge in [0, 0.05) is 20.1 Å². The monoisotopic (exact) mass is 386 g/mol. The van der Waals surface area contributed by atoms with E-state index in [9.17, 15) is 4.79 Å². The Bertz CT molecular complexity index is 770. The largest absolute Gasteiger partial charge is 0.494 e. The third-order valence-corrected chi connectivity index (χ3v) is 4.92. The van der Waals surface area contributed by atoms with Crippen molar-refractivity contribution in [1.82, 2.24) is 19.7 Å². The van der Waals surface area contributed by atoms with Crippen molar-refractivity contribution in [1.29, 1.82) is 0 Å². The second-order valence-electron chi connectivity index (χ2n) is 7.25. The topological polar surface area (TPSA) is 98.3 Å². The van der Waals surface area contributed by atoms with Crippen LogP contribution in [-0.4, -0.2) is 51.8 Å². The van der Waals surface area contributed by atoms with Crippen LogP contribution in [0.15, 0.2) is 24.3 Å². The average molecular weight is 387 g/mol. The molecule has 0 saturated carbocycles. The summed E-state index contributed by atoms with van der Waals surface area (Å²) in [4.78, 5) is 13.5. The first kappa shape index (κ1) is 20.1. The summed E-state index contributed by atoms with van der Waals surface area (Å²) in [7, 11) is 1.81. The molecule has 152 valence electrons. The molecule has 1 aliphatic rings. The van der Waals surface area contributed by atoms with Crippen LogP contribution < -0.4 is 15.8 Å². The van der Waals surface area contributed by atoms with Crippen molar-refractivity contribution in [3.63, 3.8) is 0 Å². The number of aromatic nitrogens is 3. The highest BCUT2D eigenvalue weighted by Crippen LogP contribution is 2.17. The summed E-state index contributed by atoms with van der Waals surface area (Å²) in [5.41, 5.74) is 6.51. The molecule has 3 N–H and O–H groups in total. The number of nitrogens with two attached hydrogens (primary N) is 1. The van der Waals surface area contributed by atoms with Crippen LogP contribution in [0, 0.1) is 0 Å². The number of rotatable bonds is 10. The molecule has 0 atom stereocenters. The van der Waals surface area contributed by atoms with E-state index < -0.39 is 5.91 Å². The summed E-state index contributed by atoms with van der Waals surface area (Å²) < 4.78 is 7.65. The number of piperidine rings is 1. The molecule has 1 saturated heterocycles. The minimum absolute atomic E-state index is 0.0854. The molecule has 1 aromatic heterocycles. The molecule has 2 heterocycles. The molecular weight excluding hydrogens is 356 g/mol. The van der Waals surface area contributed by atoms with Crippen LogP contribution in [0.2, 0.25) is 0 Å². The quantitative estimate of drug-likeness (QED) is 0.603. The number of benzene rings is 1. The van der Waals surface area contributed by atoms with Crippen LogP contribution in [0.25, 0.3) is 0 Å². The van der Waals surface area contributed by atoms with Crippen molar-refractivity contribution in [2.24, 2.45) is 12.8 Å². The van der Waals surface area contributed by atoms with Crippen LogP contribution in [0.1, 0.15) is 37.1 Å². The van der Waals surface area contributed by atoms with E-state index in [1.54, 1.807) is 4.57 Å². The molecule has 8 nitrogen and oxygen atoms in total. The maximum absolute atomic E-state index is 11.0. The lowest BCUT2D eigenvalue weighted by atomic mass is 10.1. The minimum Gasteiger partial charge on any atom is -0.494 e. The number of nitrogens with one attached hydrogen (secondary N) is 1. The molecule has 0 spiro atoms. The summed E-state index contributed by atoms with van der Waals surface area (Å²) in [5, 5.41) is 11.2. The molecule has 0 radical (unpaired) electrons. The maximum Gasteiger partial charge on any atom is 0.225 e. The van der Waals surface area contributed by atoms with Gasteiger partial charge < -0.3 is 20.4 Å². The molecule has 1 aliphatic heterocycles. The normalized spacial score (nSPS) is 14.8. The van der Waals surface area contributed by atoms with Gasteiger partial charge >= 0.3 is 0 Å². The van der Waals surface area contributed by atoms with Gasteiger partial charge in [-0.3, -0.25) is 9.69 Å². The van der Waals surface area contributed by atoms with Gasteiger partial charge in [-0.2, -0.15) is 0 Å². The van der Waals surface area contributed by atoms with Crippen molar-refractivity contribution < 1.29 is 9.53 Å². The minimum atomic E-state index is -0.419.